The number of aromatic nitrogens is 1. The summed E-state index contributed by atoms with van der Waals surface area (Å²) in [5.74, 6) is -1.56. The first-order valence-electron chi connectivity index (χ1n) is 7.63. The van der Waals surface area contributed by atoms with Crippen LogP contribution in [0.15, 0.2) is 58.5 Å². The first kappa shape index (κ1) is 18.6. The Balaban J connectivity index is 1.83. The summed E-state index contributed by atoms with van der Waals surface area (Å²) in [6.07, 6.45) is 1.46. The number of hydrogen-bond acceptors (Lipinski definition) is 6. The number of anilines is 1. The van der Waals surface area contributed by atoms with Crippen LogP contribution in [0.25, 0.3) is 16.8 Å². The van der Waals surface area contributed by atoms with Crippen LogP contribution in [0.5, 0.6) is 5.75 Å². The number of hydrogen-bond donors (Lipinski definition) is 3. The summed E-state index contributed by atoms with van der Waals surface area (Å²) in [6, 6.07) is 13.9. The van der Waals surface area contributed by atoms with Crippen molar-refractivity contribution in [1.82, 2.24) is 4.98 Å². The fourth-order valence-electron chi connectivity index (χ4n) is 2.25. The van der Waals surface area contributed by atoms with Crippen molar-refractivity contribution >= 4 is 44.5 Å². The molecule has 1 aromatic heterocycles. The Morgan fingerprint density at radius 3 is 2.67 bits per heavy atom. The van der Waals surface area contributed by atoms with Gasteiger partial charge in [-0.05, 0) is 30.3 Å². The van der Waals surface area contributed by atoms with Crippen molar-refractivity contribution in [3.8, 4) is 23.1 Å². The number of allylic oxidation sites excluding steroid dienone is 1. The fraction of sp³-hybridized carbons (Fsp3) is 0. The maximum Gasteiger partial charge on any atom is 0.339 e. The van der Waals surface area contributed by atoms with E-state index in [9.17, 15) is 15.2 Å². The number of nitriles is 1. The lowest BCUT2D eigenvalue weighted by molar-refractivity contribution is 0.0694. The summed E-state index contributed by atoms with van der Waals surface area (Å²) < 4.78 is 0.971. The van der Waals surface area contributed by atoms with Gasteiger partial charge in [-0.1, -0.05) is 28.1 Å². The maximum absolute atomic E-state index is 11.1. The molecular formula is C19H12BrN3O3S. The highest BCUT2D eigenvalue weighted by atomic mass is 79.9. The first-order chi connectivity index (χ1) is 13.0. The van der Waals surface area contributed by atoms with Crippen LogP contribution in [-0.4, -0.2) is 21.2 Å². The van der Waals surface area contributed by atoms with Gasteiger partial charge in [0, 0.05) is 27.3 Å². The molecule has 0 aliphatic carbocycles. The molecule has 27 heavy (non-hydrogen) atoms. The van der Waals surface area contributed by atoms with E-state index >= 15 is 0 Å². The molecule has 3 rings (SSSR count). The average molecular weight is 442 g/mol. The Hall–Kier alpha value is -3.15. The highest BCUT2D eigenvalue weighted by molar-refractivity contribution is 9.10. The van der Waals surface area contributed by atoms with Gasteiger partial charge in [0.2, 0.25) is 0 Å². The van der Waals surface area contributed by atoms with Gasteiger partial charge in [0.1, 0.15) is 28.0 Å². The van der Waals surface area contributed by atoms with E-state index in [-0.39, 0.29) is 11.3 Å². The third-order valence-corrected chi connectivity index (χ3v) is 5.01. The predicted octanol–water partition coefficient (Wildman–Crippen LogP) is 4.95. The van der Waals surface area contributed by atoms with Crippen molar-refractivity contribution in [3.63, 3.8) is 0 Å². The zero-order valence-electron chi connectivity index (χ0n) is 13.7. The van der Waals surface area contributed by atoms with Gasteiger partial charge in [0.25, 0.3) is 0 Å². The van der Waals surface area contributed by atoms with Crippen molar-refractivity contribution in [2.45, 2.75) is 0 Å². The Labute approximate surface area is 167 Å². The summed E-state index contributed by atoms with van der Waals surface area (Å²) in [6.45, 7) is 0. The molecule has 134 valence electrons. The molecule has 0 saturated heterocycles. The number of phenols is 1. The van der Waals surface area contributed by atoms with Crippen LogP contribution in [-0.2, 0) is 0 Å². The van der Waals surface area contributed by atoms with Gasteiger partial charge in [-0.3, -0.25) is 0 Å². The molecule has 0 bridgehead atoms. The normalized spacial score (nSPS) is 11.0. The van der Waals surface area contributed by atoms with Gasteiger partial charge >= 0.3 is 5.97 Å². The number of carboxylic acids is 1. The summed E-state index contributed by atoms with van der Waals surface area (Å²) in [5, 5.41) is 33.3. The second-order valence-corrected chi connectivity index (χ2v) is 7.17. The molecule has 0 aliphatic rings. The third-order valence-electron chi connectivity index (χ3n) is 3.61. The Bertz CT molecular complexity index is 1070. The summed E-state index contributed by atoms with van der Waals surface area (Å²) >= 11 is 4.73. The fourth-order valence-corrected chi connectivity index (χ4v) is 3.30. The van der Waals surface area contributed by atoms with Crippen molar-refractivity contribution in [2.24, 2.45) is 0 Å². The highest BCUT2D eigenvalue weighted by Crippen LogP contribution is 2.27. The molecule has 1 heterocycles. The van der Waals surface area contributed by atoms with Gasteiger partial charge < -0.3 is 15.5 Å². The lowest BCUT2D eigenvalue weighted by Crippen LogP contribution is -1.98. The minimum atomic E-state index is -1.24. The van der Waals surface area contributed by atoms with E-state index in [0.29, 0.717) is 16.3 Å². The van der Waals surface area contributed by atoms with Gasteiger partial charge in [-0.2, -0.15) is 5.26 Å². The van der Waals surface area contributed by atoms with Crippen molar-refractivity contribution in [1.29, 1.82) is 5.26 Å². The van der Waals surface area contributed by atoms with Gasteiger partial charge in [-0.15, -0.1) is 11.3 Å². The predicted molar refractivity (Wildman–Crippen MR) is 108 cm³/mol. The number of benzene rings is 2. The van der Waals surface area contributed by atoms with E-state index in [1.54, 1.807) is 0 Å². The SMILES string of the molecule is N#CC(=CNc1ccc(O)c(C(=O)O)c1)c1nc(-c2ccc(Br)cc2)cs1. The number of halogens is 1. The quantitative estimate of drug-likeness (QED) is 0.381. The minimum absolute atomic E-state index is 0.223. The van der Waals surface area contributed by atoms with Gasteiger partial charge in [0.05, 0.1) is 5.69 Å². The lowest BCUT2D eigenvalue weighted by atomic mass is 10.2. The number of nitrogens with one attached hydrogen (secondary N) is 1. The smallest absolute Gasteiger partial charge is 0.339 e. The number of nitrogens with zero attached hydrogens (tertiary/aromatic N) is 2. The standard InChI is InChI=1S/C19H12BrN3O3S/c20-13-3-1-11(2-4-13)16-10-27-18(23-16)12(8-21)9-22-14-5-6-17(24)15(7-14)19(25)26/h1-7,9-10,22,24H,(H,25,26). The molecule has 0 atom stereocenters. The lowest BCUT2D eigenvalue weighted by Gasteiger charge is -2.05. The highest BCUT2D eigenvalue weighted by Gasteiger charge is 2.11. The summed E-state index contributed by atoms with van der Waals surface area (Å²) in [5.41, 5.74) is 2.23. The first-order valence-corrected chi connectivity index (χ1v) is 9.30. The molecule has 8 heteroatoms. The van der Waals surface area contributed by atoms with Crippen LogP contribution in [0.4, 0.5) is 5.69 Å². The molecular weight excluding hydrogens is 430 g/mol. The molecule has 3 aromatic rings. The van der Waals surface area contributed by atoms with E-state index in [2.05, 4.69) is 32.3 Å². The number of aromatic carboxylic acids is 1. The zero-order valence-corrected chi connectivity index (χ0v) is 16.1. The van der Waals surface area contributed by atoms with Crippen molar-refractivity contribution < 1.29 is 15.0 Å². The largest absolute Gasteiger partial charge is 0.507 e. The number of thiazole rings is 1. The van der Waals surface area contributed by atoms with Crippen LogP contribution in [0.1, 0.15) is 15.4 Å². The van der Waals surface area contributed by atoms with Crippen LogP contribution in [0, 0.1) is 11.3 Å². The molecule has 0 saturated carbocycles. The second-order valence-electron chi connectivity index (χ2n) is 5.40. The average Bonchev–Trinajstić information content (AvgIpc) is 3.14. The Morgan fingerprint density at radius 2 is 2.00 bits per heavy atom. The van der Waals surface area contributed by atoms with Crippen molar-refractivity contribution in [3.05, 3.63) is 69.1 Å². The van der Waals surface area contributed by atoms with Crippen LogP contribution >= 0.6 is 27.3 Å². The molecule has 0 radical (unpaired) electrons. The second kappa shape index (κ2) is 8.03. The molecule has 0 fully saturated rings. The van der Waals surface area contributed by atoms with E-state index in [1.165, 1.54) is 35.7 Å². The topological polar surface area (TPSA) is 106 Å². The minimum Gasteiger partial charge on any atom is -0.507 e. The maximum atomic E-state index is 11.1. The number of rotatable bonds is 5. The van der Waals surface area contributed by atoms with Crippen LogP contribution < -0.4 is 5.32 Å². The summed E-state index contributed by atoms with van der Waals surface area (Å²) in [4.78, 5) is 15.6. The van der Waals surface area contributed by atoms with E-state index in [4.69, 9.17) is 5.11 Å². The molecule has 0 spiro atoms. The molecule has 3 N–H and O–H groups in total. The monoisotopic (exact) mass is 441 g/mol. The molecule has 2 aromatic carbocycles. The Kier molecular flexibility index (Phi) is 5.54. The van der Waals surface area contributed by atoms with Gasteiger partial charge in [0.15, 0.2) is 0 Å². The number of carboxylic acid groups (broad SMARTS) is 1. The summed E-state index contributed by atoms with van der Waals surface area (Å²) in [7, 11) is 0. The third kappa shape index (κ3) is 4.34. The number of carbonyl (C=O) groups is 1. The number of aromatic hydroxyl groups is 1. The molecule has 6 nitrogen and oxygen atoms in total. The molecule has 0 amide bonds. The molecule has 0 aliphatic heterocycles. The zero-order chi connectivity index (χ0) is 19.4. The van der Waals surface area contributed by atoms with Gasteiger partial charge in [-0.25, -0.2) is 9.78 Å². The van der Waals surface area contributed by atoms with E-state index in [1.807, 2.05) is 29.6 Å². The van der Waals surface area contributed by atoms with Crippen molar-refractivity contribution in [2.75, 3.05) is 5.32 Å². The van der Waals surface area contributed by atoms with Crippen LogP contribution in [0.2, 0.25) is 0 Å². The van der Waals surface area contributed by atoms with E-state index in [0.717, 1.165) is 15.7 Å². The van der Waals surface area contributed by atoms with E-state index < -0.39 is 5.97 Å². The molecule has 0 unspecified atom stereocenters. The van der Waals surface area contributed by atoms with Crippen LogP contribution in [0.3, 0.4) is 0 Å². The Morgan fingerprint density at radius 1 is 1.26 bits per heavy atom.